The molecule has 0 spiro atoms. The summed E-state index contributed by atoms with van der Waals surface area (Å²) in [5, 5.41) is 6.11. The van der Waals surface area contributed by atoms with Crippen LogP contribution < -0.4 is 25.2 Å². The molecule has 2 N–H and O–H groups in total. The monoisotopic (exact) mass is 480 g/mol. The van der Waals surface area contributed by atoms with Crippen LogP contribution in [0.2, 0.25) is 0 Å². The number of nitrogens with zero attached hydrogens (tertiary/aromatic N) is 2. The number of benzene rings is 2. The molecular formula is C25H25FN4O5. The van der Waals surface area contributed by atoms with Gasteiger partial charge in [0.2, 0.25) is 5.91 Å². The number of cyclic esters (lactones) is 1. The first-order valence-electron chi connectivity index (χ1n) is 11.9. The van der Waals surface area contributed by atoms with E-state index in [1.807, 2.05) is 0 Å². The van der Waals surface area contributed by atoms with E-state index in [9.17, 15) is 18.8 Å². The van der Waals surface area contributed by atoms with Gasteiger partial charge in [-0.3, -0.25) is 14.5 Å². The standard InChI is InChI=1S/C25H25FN4O5/c26-19-4-1-14-2-6-23(32)30-16(9-18(19)24(14)30)11-27-8-7-17-12-29(25(33)35-17)15-3-5-21-20(10-15)28-22(31)13-34-21/h1,3-5,10,16-17,27H,2,6-9,11-13H2,(H,28,31)/t16-,17-/m1/s1. The predicted molar refractivity (Wildman–Crippen MR) is 125 cm³/mol. The van der Waals surface area contributed by atoms with Crippen LogP contribution >= 0.6 is 0 Å². The summed E-state index contributed by atoms with van der Waals surface area (Å²) in [4.78, 5) is 39.9. The molecule has 3 amide bonds. The Hall–Kier alpha value is -3.66. The van der Waals surface area contributed by atoms with Crippen LogP contribution in [0.4, 0.5) is 26.2 Å². The van der Waals surface area contributed by atoms with E-state index in [4.69, 9.17) is 9.47 Å². The third kappa shape index (κ3) is 3.87. The van der Waals surface area contributed by atoms with Crippen molar-refractivity contribution in [3.05, 3.63) is 47.3 Å². The molecule has 0 bridgehead atoms. The van der Waals surface area contributed by atoms with E-state index >= 15 is 0 Å². The third-order valence-corrected chi connectivity index (χ3v) is 7.04. The minimum atomic E-state index is -0.439. The van der Waals surface area contributed by atoms with Crippen LogP contribution in [0.25, 0.3) is 0 Å². The second-order valence-corrected chi connectivity index (χ2v) is 9.28. The number of fused-ring (bicyclic) bond motifs is 1. The molecule has 9 nitrogen and oxygen atoms in total. The summed E-state index contributed by atoms with van der Waals surface area (Å²) >= 11 is 0. The molecule has 4 heterocycles. The average molecular weight is 480 g/mol. The fraction of sp³-hybridized carbons (Fsp3) is 0.400. The lowest BCUT2D eigenvalue weighted by atomic mass is 9.99. The Morgan fingerprint density at radius 3 is 2.91 bits per heavy atom. The Bertz CT molecular complexity index is 1230. The van der Waals surface area contributed by atoms with Crippen molar-refractivity contribution in [1.82, 2.24) is 5.32 Å². The fourth-order valence-electron chi connectivity index (χ4n) is 5.37. The average Bonchev–Trinajstić information content (AvgIpc) is 3.42. The largest absolute Gasteiger partial charge is 0.482 e. The molecular weight excluding hydrogens is 455 g/mol. The lowest BCUT2D eigenvalue weighted by molar-refractivity contribution is -0.119. The highest BCUT2D eigenvalue weighted by Gasteiger charge is 2.39. The molecule has 35 heavy (non-hydrogen) atoms. The summed E-state index contributed by atoms with van der Waals surface area (Å²) in [6.45, 7) is 1.49. The van der Waals surface area contributed by atoms with Gasteiger partial charge in [0.1, 0.15) is 17.7 Å². The number of rotatable bonds is 6. The smallest absolute Gasteiger partial charge is 0.414 e. The highest BCUT2D eigenvalue weighted by atomic mass is 19.1. The van der Waals surface area contributed by atoms with Gasteiger partial charge in [0, 0.05) is 24.2 Å². The van der Waals surface area contributed by atoms with Crippen LogP contribution in [0.3, 0.4) is 0 Å². The summed E-state index contributed by atoms with van der Waals surface area (Å²) < 4.78 is 25.3. The number of hydrogen-bond acceptors (Lipinski definition) is 6. The number of nitrogens with one attached hydrogen (secondary N) is 2. The number of aryl methyl sites for hydroxylation is 1. The second-order valence-electron chi connectivity index (χ2n) is 9.28. The summed E-state index contributed by atoms with van der Waals surface area (Å²) in [5.41, 5.74) is 3.59. The van der Waals surface area contributed by atoms with Gasteiger partial charge in [0.25, 0.3) is 5.91 Å². The van der Waals surface area contributed by atoms with Crippen LogP contribution in [0.15, 0.2) is 30.3 Å². The number of carbonyl (C=O) groups excluding carboxylic acids is 3. The maximum atomic E-state index is 14.4. The molecule has 4 aliphatic heterocycles. The van der Waals surface area contributed by atoms with Gasteiger partial charge in [0.15, 0.2) is 6.61 Å². The molecule has 2 aromatic carbocycles. The molecule has 0 unspecified atom stereocenters. The molecule has 2 atom stereocenters. The van der Waals surface area contributed by atoms with Gasteiger partial charge >= 0.3 is 6.09 Å². The first-order chi connectivity index (χ1) is 17.0. The van der Waals surface area contributed by atoms with Crippen LogP contribution in [-0.2, 0) is 27.2 Å². The molecule has 2 aromatic rings. The quantitative estimate of drug-likeness (QED) is 0.616. The zero-order chi connectivity index (χ0) is 24.1. The number of carbonyl (C=O) groups is 3. The first-order valence-corrected chi connectivity index (χ1v) is 11.9. The Kier molecular flexibility index (Phi) is 5.32. The van der Waals surface area contributed by atoms with Crippen molar-refractivity contribution in [2.45, 2.75) is 37.8 Å². The van der Waals surface area contributed by atoms with Crippen LogP contribution in [0.1, 0.15) is 24.0 Å². The van der Waals surface area contributed by atoms with Gasteiger partial charge in [-0.15, -0.1) is 0 Å². The predicted octanol–water partition coefficient (Wildman–Crippen LogP) is 2.37. The molecule has 0 aromatic heterocycles. The first kappa shape index (κ1) is 21.8. The fourth-order valence-corrected chi connectivity index (χ4v) is 5.37. The Morgan fingerprint density at radius 1 is 1.14 bits per heavy atom. The van der Waals surface area contributed by atoms with Gasteiger partial charge in [0.05, 0.1) is 24.0 Å². The molecule has 0 aliphatic carbocycles. The van der Waals surface area contributed by atoms with Crippen LogP contribution in [-0.4, -0.2) is 56.3 Å². The zero-order valence-electron chi connectivity index (χ0n) is 19.0. The van der Waals surface area contributed by atoms with E-state index in [0.29, 0.717) is 68.0 Å². The maximum Gasteiger partial charge on any atom is 0.414 e. The molecule has 6 rings (SSSR count). The van der Waals surface area contributed by atoms with Crippen LogP contribution in [0.5, 0.6) is 5.75 Å². The Morgan fingerprint density at radius 2 is 2.03 bits per heavy atom. The lowest BCUT2D eigenvalue weighted by Gasteiger charge is -2.30. The summed E-state index contributed by atoms with van der Waals surface area (Å²) in [6, 6.07) is 8.36. The maximum absolute atomic E-state index is 14.4. The zero-order valence-corrected chi connectivity index (χ0v) is 19.0. The summed E-state index contributed by atoms with van der Waals surface area (Å²) in [7, 11) is 0. The van der Waals surface area contributed by atoms with Gasteiger partial charge < -0.3 is 25.0 Å². The van der Waals surface area contributed by atoms with Crippen molar-refractivity contribution in [1.29, 1.82) is 0 Å². The summed E-state index contributed by atoms with van der Waals surface area (Å²) in [5.74, 6) is 0.117. The van der Waals surface area contributed by atoms with Gasteiger partial charge in [-0.25, -0.2) is 9.18 Å². The molecule has 0 radical (unpaired) electrons. The minimum Gasteiger partial charge on any atom is -0.482 e. The van der Waals surface area contributed by atoms with Crippen molar-refractivity contribution < 1.29 is 28.2 Å². The molecule has 4 aliphatic rings. The summed E-state index contributed by atoms with van der Waals surface area (Å²) in [6.07, 6.45) is 1.47. The minimum absolute atomic E-state index is 0.0256. The van der Waals surface area contributed by atoms with Crippen LogP contribution in [0, 0.1) is 5.82 Å². The highest BCUT2D eigenvalue weighted by Crippen LogP contribution is 2.41. The third-order valence-electron chi connectivity index (χ3n) is 7.04. The molecule has 1 fully saturated rings. The SMILES string of the molecule is O=C1COc2ccc(N3C[C@@H](CCNC[C@H]4Cc5c(F)ccc6c5N4C(=O)CC6)OC3=O)cc2N1. The number of halogens is 1. The highest BCUT2D eigenvalue weighted by molar-refractivity contribution is 5.99. The molecule has 1 saturated heterocycles. The van der Waals surface area contributed by atoms with Gasteiger partial charge in [-0.1, -0.05) is 6.07 Å². The molecule has 10 heteroatoms. The Labute approximate surface area is 201 Å². The molecule has 182 valence electrons. The van der Waals surface area contributed by atoms with E-state index < -0.39 is 6.09 Å². The van der Waals surface area contributed by atoms with Crippen molar-refractivity contribution in [3.63, 3.8) is 0 Å². The molecule has 0 saturated carbocycles. The van der Waals surface area contributed by atoms with E-state index in [0.717, 1.165) is 11.3 Å². The Balaban J connectivity index is 1.04. The van der Waals surface area contributed by atoms with Crippen molar-refractivity contribution in [2.75, 3.05) is 41.4 Å². The van der Waals surface area contributed by atoms with E-state index in [-0.39, 0.29) is 36.4 Å². The van der Waals surface area contributed by atoms with E-state index in [1.165, 1.54) is 11.0 Å². The number of hydrogen-bond donors (Lipinski definition) is 2. The topological polar surface area (TPSA) is 100 Å². The van der Waals surface area contributed by atoms with Crippen molar-refractivity contribution >= 4 is 35.0 Å². The van der Waals surface area contributed by atoms with Gasteiger partial charge in [-0.2, -0.15) is 0 Å². The number of amides is 3. The normalized spacial score (nSPS) is 22.5. The van der Waals surface area contributed by atoms with E-state index in [2.05, 4.69) is 10.6 Å². The number of ether oxygens (including phenoxy) is 2. The van der Waals surface area contributed by atoms with E-state index in [1.54, 1.807) is 29.2 Å². The van der Waals surface area contributed by atoms with Gasteiger partial charge in [-0.05, 0) is 55.6 Å². The van der Waals surface area contributed by atoms with Crippen molar-refractivity contribution in [3.8, 4) is 5.75 Å². The van der Waals surface area contributed by atoms with Crippen molar-refractivity contribution in [2.24, 2.45) is 0 Å². The second kappa shape index (κ2) is 8.53. The number of anilines is 3. The lowest BCUT2D eigenvalue weighted by Crippen LogP contribution is -2.46.